The molecule has 0 fully saturated rings. The molecule has 1 amide bonds. The molecule has 0 aliphatic heterocycles. The molecule has 152 valence electrons. The quantitative estimate of drug-likeness (QED) is 0.448. The van der Waals surface area contributed by atoms with Gasteiger partial charge in [-0.25, -0.2) is 9.78 Å². The highest BCUT2D eigenvalue weighted by atomic mass is 32.2. The Labute approximate surface area is 174 Å². The minimum absolute atomic E-state index is 0.203. The predicted octanol–water partition coefficient (Wildman–Crippen LogP) is 4.75. The molecule has 2 unspecified atom stereocenters. The molecule has 2 aromatic heterocycles. The van der Waals surface area contributed by atoms with E-state index in [0.717, 1.165) is 17.7 Å². The molecule has 3 rings (SSSR count). The van der Waals surface area contributed by atoms with Crippen LogP contribution < -0.4 is 5.32 Å². The maximum atomic E-state index is 12.7. The van der Waals surface area contributed by atoms with Gasteiger partial charge in [-0.05, 0) is 49.3 Å². The number of hydrogen-bond donors (Lipinski definition) is 1. The fourth-order valence-electron chi connectivity index (χ4n) is 3.07. The molecule has 1 aromatic carbocycles. The Balaban J connectivity index is 1.75. The van der Waals surface area contributed by atoms with Crippen molar-refractivity contribution in [2.75, 3.05) is 11.6 Å². The number of aromatic nitrogens is 2. The fourth-order valence-corrected chi connectivity index (χ4v) is 3.61. The van der Waals surface area contributed by atoms with E-state index in [-0.39, 0.29) is 11.6 Å². The van der Waals surface area contributed by atoms with E-state index in [1.807, 2.05) is 53.3 Å². The van der Waals surface area contributed by atoms with Crippen molar-refractivity contribution in [1.29, 1.82) is 0 Å². The van der Waals surface area contributed by atoms with Gasteiger partial charge in [0.15, 0.2) is 17.0 Å². The largest absolute Gasteiger partial charge is 0.448 e. The van der Waals surface area contributed by atoms with Crippen LogP contribution in [0.15, 0.2) is 53.8 Å². The van der Waals surface area contributed by atoms with Crippen LogP contribution in [0.5, 0.6) is 0 Å². The smallest absolute Gasteiger partial charge is 0.360 e. The number of esters is 1. The third-order valence-electron chi connectivity index (χ3n) is 4.91. The van der Waals surface area contributed by atoms with Crippen LogP contribution in [-0.4, -0.2) is 33.6 Å². The van der Waals surface area contributed by atoms with E-state index in [9.17, 15) is 9.59 Å². The molecule has 1 N–H and O–H groups in total. The van der Waals surface area contributed by atoms with E-state index < -0.39 is 12.1 Å². The summed E-state index contributed by atoms with van der Waals surface area (Å²) in [6.45, 7) is 5.78. The molecular formula is C22H25N3O3S. The topological polar surface area (TPSA) is 72.7 Å². The summed E-state index contributed by atoms with van der Waals surface area (Å²) in [4.78, 5) is 29.7. The van der Waals surface area contributed by atoms with Crippen LogP contribution in [0.1, 0.15) is 49.2 Å². The van der Waals surface area contributed by atoms with E-state index in [2.05, 4.69) is 24.1 Å². The summed E-state index contributed by atoms with van der Waals surface area (Å²) in [5, 5.41) is 3.58. The first-order valence-corrected chi connectivity index (χ1v) is 10.8. The van der Waals surface area contributed by atoms with Crippen molar-refractivity contribution in [2.45, 2.75) is 44.4 Å². The summed E-state index contributed by atoms with van der Waals surface area (Å²) in [5.41, 5.74) is 2.66. The van der Waals surface area contributed by atoms with Gasteiger partial charge in [0, 0.05) is 11.9 Å². The molecule has 7 heteroatoms. The lowest BCUT2D eigenvalue weighted by atomic mass is 9.97. The number of para-hydroxylation sites is 1. The van der Waals surface area contributed by atoms with Crippen LogP contribution in [-0.2, 0) is 9.53 Å². The standard InChI is InChI=1S/C22H25N3O3S/c1-5-14(2)16-10-6-7-11-17(16)23-20(26)15(3)28-21(27)19-18-12-8-9-13-25(18)22(24-19)29-4/h6-15H,5H2,1-4H3,(H,23,26). The highest BCUT2D eigenvalue weighted by Crippen LogP contribution is 2.27. The van der Waals surface area contributed by atoms with Crippen molar-refractivity contribution >= 4 is 34.8 Å². The van der Waals surface area contributed by atoms with Crippen LogP contribution >= 0.6 is 11.8 Å². The number of pyridine rings is 1. The van der Waals surface area contributed by atoms with Gasteiger partial charge in [-0.15, -0.1) is 0 Å². The molecule has 0 aliphatic rings. The molecule has 0 radical (unpaired) electrons. The molecule has 0 saturated heterocycles. The number of anilines is 1. The lowest BCUT2D eigenvalue weighted by Gasteiger charge is -2.18. The highest BCUT2D eigenvalue weighted by molar-refractivity contribution is 7.98. The van der Waals surface area contributed by atoms with E-state index in [4.69, 9.17) is 4.74 Å². The summed E-state index contributed by atoms with van der Waals surface area (Å²) in [5.74, 6) is -0.680. The number of nitrogens with zero attached hydrogens (tertiary/aromatic N) is 2. The van der Waals surface area contributed by atoms with Crippen molar-refractivity contribution < 1.29 is 14.3 Å². The Morgan fingerprint density at radius 1 is 1.17 bits per heavy atom. The number of thioether (sulfide) groups is 1. The number of nitrogens with one attached hydrogen (secondary N) is 1. The number of rotatable bonds is 7. The van der Waals surface area contributed by atoms with Gasteiger partial charge in [0.2, 0.25) is 0 Å². The summed E-state index contributed by atoms with van der Waals surface area (Å²) in [6, 6.07) is 13.2. The van der Waals surface area contributed by atoms with Gasteiger partial charge >= 0.3 is 5.97 Å². The number of hydrogen-bond acceptors (Lipinski definition) is 5. The van der Waals surface area contributed by atoms with Crippen molar-refractivity contribution in [3.8, 4) is 0 Å². The summed E-state index contributed by atoms with van der Waals surface area (Å²) in [6.07, 6.45) is 3.74. The Bertz CT molecular complexity index is 1030. The predicted molar refractivity (Wildman–Crippen MR) is 116 cm³/mol. The van der Waals surface area contributed by atoms with Gasteiger partial charge in [-0.3, -0.25) is 9.20 Å². The molecule has 0 saturated carbocycles. The van der Waals surface area contributed by atoms with Gasteiger partial charge in [0.25, 0.3) is 5.91 Å². The summed E-state index contributed by atoms with van der Waals surface area (Å²) >= 11 is 1.43. The molecule has 29 heavy (non-hydrogen) atoms. The Hall–Kier alpha value is -2.80. The number of amides is 1. The van der Waals surface area contributed by atoms with E-state index in [1.165, 1.54) is 11.8 Å². The molecule has 0 aliphatic carbocycles. The van der Waals surface area contributed by atoms with Crippen LogP contribution in [0.2, 0.25) is 0 Å². The number of carbonyl (C=O) groups excluding carboxylic acids is 2. The lowest BCUT2D eigenvalue weighted by Crippen LogP contribution is -2.30. The Morgan fingerprint density at radius 3 is 2.62 bits per heavy atom. The van der Waals surface area contributed by atoms with Crippen LogP contribution in [0, 0.1) is 0 Å². The molecule has 0 spiro atoms. The average molecular weight is 412 g/mol. The molecule has 0 bridgehead atoms. The molecule has 6 nitrogen and oxygen atoms in total. The zero-order chi connectivity index (χ0) is 21.0. The summed E-state index contributed by atoms with van der Waals surface area (Å²) in [7, 11) is 0. The number of carbonyl (C=O) groups is 2. The maximum Gasteiger partial charge on any atom is 0.360 e. The van der Waals surface area contributed by atoms with Crippen LogP contribution in [0.4, 0.5) is 5.69 Å². The fraction of sp³-hybridized carbons (Fsp3) is 0.318. The zero-order valence-corrected chi connectivity index (χ0v) is 17.8. The van der Waals surface area contributed by atoms with Crippen LogP contribution in [0.3, 0.4) is 0 Å². The Kier molecular flexibility index (Phi) is 6.59. The minimum Gasteiger partial charge on any atom is -0.448 e. The number of ether oxygens (including phenoxy) is 1. The molecule has 2 heterocycles. The monoisotopic (exact) mass is 411 g/mol. The normalized spacial score (nSPS) is 13.1. The first-order chi connectivity index (χ1) is 14.0. The van der Waals surface area contributed by atoms with Crippen molar-refractivity contribution in [3.63, 3.8) is 0 Å². The molecular weight excluding hydrogens is 386 g/mol. The Morgan fingerprint density at radius 2 is 1.90 bits per heavy atom. The van der Waals surface area contributed by atoms with Gasteiger partial charge in [-0.2, -0.15) is 0 Å². The van der Waals surface area contributed by atoms with E-state index >= 15 is 0 Å². The lowest BCUT2D eigenvalue weighted by molar-refractivity contribution is -0.123. The average Bonchev–Trinajstić information content (AvgIpc) is 3.12. The van der Waals surface area contributed by atoms with Gasteiger partial charge < -0.3 is 10.1 Å². The third-order valence-corrected chi connectivity index (χ3v) is 5.56. The van der Waals surface area contributed by atoms with Crippen molar-refractivity contribution in [3.05, 3.63) is 59.9 Å². The summed E-state index contributed by atoms with van der Waals surface area (Å²) < 4.78 is 7.25. The number of benzene rings is 1. The first kappa shape index (κ1) is 20.9. The second-order valence-corrected chi connectivity index (χ2v) is 7.61. The van der Waals surface area contributed by atoms with E-state index in [1.54, 1.807) is 13.0 Å². The van der Waals surface area contributed by atoms with Gasteiger partial charge in [0.1, 0.15) is 0 Å². The molecule has 3 aromatic rings. The number of imidazole rings is 1. The van der Waals surface area contributed by atoms with Crippen molar-refractivity contribution in [2.24, 2.45) is 0 Å². The number of fused-ring (bicyclic) bond motifs is 1. The second-order valence-electron chi connectivity index (χ2n) is 6.84. The highest BCUT2D eigenvalue weighted by Gasteiger charge is 2.24. The SMILES string of the molecule is CCC(C)c1ccccc1NC(=O)C(C)OC(=O)c1nc(SC)n2ccccc12. The maximum absolute atomic E-state index is 12.7. The third kappa shape index (κ3) is 4.45. The molecule has 2 atom stereocenters. The van der Waals surface area contributed by atoms with Crippen molar-refractivity contribution in [1.82, 2.24) is 9.38 Å². The minimum atomic E-state index is -0.953. The first-order valence-electron chi connectivity index (χ1n) is 9.58. The van der Waals surface area contributed by atoms with Crippen LogP contribution in [0.25, 0.3) is 5.52 Å². The second kappa shape index (κ2) is 9.13. The van der Waals surface area contributed by atoms with Gasteiger partial charge in [0.05, 0.1) is 5.52 Å². The van der Waals surface area contributed by atoms with E-state index in [0.29, 0.717) is 16.6 Å². The zero-order valence-electron chi connectivity index (χ0n) is 17.0. The van der Waals surface area contributed by atoms with Gasteiger partial charge in [-0.1, -0.05) is 49.9 Å².